The van der Waals surface area contributed by atoms with Crippen LogP contribution < -0.4 is 10.6 Å². The molecular weight excluding hydrogens is 343 g/mol. The number of aromatic nitrogens is 2. The van der Waals surface area contributed by atoms with E-state index in [1.165, 1.54) is 24.5 Å². The van der Waals surface area contributed by atoms with Crippen LogP contribution in [0.3, 0.4) is 0 Å². The molecule has 0 saturated carbocycles. The van der Waals surface area contributed by atoms with Gasteiger partial charge in [0.15, 0.2) is 0 Å². The van der Waals surface area contributed by atoms with Crippen LogP contribution in [0.4, 0.5) is 21.7 Å². The normalized spacial score (nSPS) is 10.4. The molecule has 0 radical (unpaired) electrons. The summed E-state index contributed by atoms with van der Waals surface area (Å²) in [5.41, 5.74) is 1.96. The first kappa shape index (κ1) is 16.9. The van der Waals surface area contributed by atoms with E-state index < -0.39 is 11.7 Å². The fraction of sp³-hybridized carbons (Fsp3) is 0.0556. The average molecular weight is 357 g/mol. The molecule has 3 rings (SSSR count). The number of anilines is 3. The molecule has 0 spiro atoms. The second-order valence-electron chi connectivity index (χ2n) is 5.27. The lowest BCUT2D eigenvalue weighted by Gasteiger charge is -2.10. The zero-order valence-corrected chi connectivity index (χ0v) is 14.0. The highest BCUT2D eigenvalue weighted by Gasteiger charge is 2.11. The van der Waals surface area contributed by atoms with E-state index >= 15 is 0 Å². The molecule has 0 aliphatic carbocycles. The predicted molar refractivity (Wildman–Crippen MR) is 95.9 cm³/mol. The number of benzene rings is 2. The highest BCUT2D eigenvalue weighted by Crippen LogP contribution is 2.24. The van der Waals surface area contributed by atoms with Crippen molar-refractivity contribution in [2.24, 2.45) is 0 Å². The van der Waals surface area contributed by atoms with Gasteiger partial charge in [-0.05, 0) is 36.8 Å². The van der Waals surface area contributed by atoms with E-state index in [0.29, 0.717) is 11.0 Å². The van der Waals surface area contributed by atoms with Crippen molar-refractivity contribution in [1.82, 2.24) is 9.97 Å². The van der Waals surface area contributed by atoms with Crippen LogP contribution in [0.5, 0.6) is 0 Å². The number of carbonyl (C=O) groups is 1. The molecular formula is C18H14ClFN4O. The molecule has 0 aliphatic rings. The Morgan fingerprint density at radius 1 is 1.04 bits per heavy atom. The van der Waals surface area contributed by atoms with E-state index in [9.17, 15) is 9.18 Å². The van der Waals surface area contributed by atoms with E-state index in [0.717, 1.165) is 11.3 Å². The molecule has 0 aliphatic heterocycles. The summed E-state index contributed by atoms with van der Waals surface area (Å²) in [6, 6.07) is 11.4. The molecule has 2 aromatic carbocycles. The minimum absolute atomic E-state index is 0.101. The van der Waals surface area contributed by atoms with Gasteiger partial charge in [-0.15, -0.1) is 0 Å². The van der Waals surface area contributed by atoms with Crippen molar-refractivity contribution in [3.05, 3.63) is 76.8 Å². The van der Waals surface area contributed by atoms with Gasteiger partial charge in [-0.25, -0.2) is 14.4 Å². The number of para-hydroxylation sites is 1. The van der Waals surface area contributed by atoms with Crippen molar-refractivity contribution >= 4 is 34.8 Å². The minimum atomic E-state index is -0.508. The Hall–Kier alpha value is -2.99. The number of nitrogens with zero attached hydrogens (tertiary/aromatic N) is 2. The third kappa shape index (κ3) is 3.92. The summed E-state index contributed by atoms with van der Waals surface area (Å²) in [4.78, 5) is 20.4. The molecule has 5 nitrogen and oxygen atoms in total. The van der Waals surface area contributed by atoms with Crippen LogP contribution in [0.1, 0.15) is 15.9 Å². The molecule has 7 heteroatoms. The third-order valence-electron chi connectivity index (χ3n) is 3.55. The maximum absolute atomic E-state index is 13.6. The summed E-state index contributed by atoms with van der Waals surface area (Å²) in [6.45, 7) is 1.88. The molecule has 25 heavy (non-hydrogen) atoms. The number of amides is 1. The number of hydrogen-bond acceptors (Lipinski definition) is 4. The van der Waals surface area contributed by atoms with Gasteiger partial charge in [0.1, 0.15) is 5.82 Å². The molecule has 0 unspecified atom stereocenters. The summed E-state index contributed by atoms with van der Waals surface area (Å²) in [5, 5.41) is 6.15. The largest absolute Gasteiger partial charge is 0.324 e. The summed E-state index contributed by atoms with van der Waals surface area (Å²) in [6.07, 6.45) is 2.73. The van der Waals surface area contributed by atoms with E-state index in [1.807, 2.05) is 19.1 Å². The zero-order valence-electron chi connectivity index (χ0n) is 13.3. The molecule has 1 heterocycles. The van der Waals surface area contributed by atoms with Gasteiger partial charge in [-0.2, -0.15) is 0 Å². The molecule has 0 saturated heterocycles. The Morgan fingerprint density at radius 3 is 2.44 bits per heavy atom. The standard InChI is InChI=1S/C18H14ClFN4O/c1-11-13(19)5-4-8-15(11)24-18-21-9-12(10-22-18)17(25)23-16-7-3-2-6-14(16)20/h2-10H,1H3,(H,23,25)(H,21,22,24). The maximum Gasteiger partial charge on any atom is 0.258 e. The highest BCUT2D eigenvalue weighted by molar-refractivity contribution is 6.31. The summed E-state index contributed by atoms with van der Waals surface area (Å²) >= 11 is 6.07. The molecule has 126 valence electrons. The lowest BCUT2D eigenvalue weighted by molar-refractivity contribution is 0.102. The Labute approximate surface area is 148 Å². The zero-order chi connectivity index (χ0) is 17.8. The average Bonchev–Trinajstić information content (AvgIpc) is 2.61. The quantitative estimate of drug-likeness (QED) is 0.718. The minimum Gasteiger partial charge on any atom is -0.324 e. The van der Waals surface area contributed by atoms with Crippen molar-refractivity contribution in [3.63, 3.8) is 0 Å². The van der Waals surface area contributed by atoms with Crippen LogP contribution in [0, 0.1) is 12.7 Å². The van der Waals surface area contributed by atoms with Gasteiger partial charge in [0.05, 0.1) is 11.3 Å². The maximum atomic E-state index is 13.6. The van der Waals surface area contributed by atoms with E-state index in [2.05, 4.69) is 20.6 Å². The Balaban J connectivity index is 1.73. The molecule has 1 amide bonds. The van der Waals surface area contributed by atoms with Crippen molar-refractivity contribution < 1.29 is 9.18 Å². The first-order valence-electron chi connectivity index (χ1n) is 7.44. The highest BCUT2D eigenvalue weighted by atomic mass is 35.5. The van der Waals surface area contributed by atoms with Crippen LogP contribution in [-0.4, -0.2) is 15.9 Å². The van der Waals surface area contributed by atoms with Crippen LogP contribution in [0.25, 0.3) is 0 Å². The molecule has 2 N–H and O–H groups in total. The van der Waals surface area contributed by atoms with Crippen LogP contribution in [-0.2, 0) is 0 Å². The third-order valence-corrected chi connectivity index (χ3v) is 3.96. The molecule has 0 atom stereocenters. The van der Waals surface area contributed by atoms with Gasteiger partial charge in [0.2, 0.25) is 5.95 Å². The van der Waals surface area contributed by atoms with E-state index in [-0.39, 0.29) is 11.3 Å². The number of halogens is 2. The van der Waals surface area contributed by atoms with E-state index in [1.54, 1.807) is 18.2 Å². The topological polar surface area (TPSA) is 66.9 Å². The van der Waals surface area contributed by atoms with E-state index in [4.69, 9.17) is 11.6 Å². The first-order chi connectivity index (χ1) is 12.0. The lowest BCUT2D eigenvalue weighted by atomic mass is 10.2. The number of carbonyl (C=O) groups excluding carboxylic acids is 1. The smallest absolute Gasteiger partial charge is 0.258 e. The predicted octanol–water partition coefficient (Wildman–Crippen LogP) is 4.57. The van der Waals surface area contributed by atoms with Crippen molar-refractivity contribution in [3.8, 4) is 0 Å². The lowest BCUT2D eigenvalue weighted by Crippen LogP contribution is -2.14. The van der Waals surface area contributed by atoms with Gasteiger partial charge in [0.25, 0.3) is 5.91 Å². The Morgan fingerprint density at radius 2 is 1.72 bits per heavy atom. The fourth-order valence-corrected chi connectivity index (χ4v) is 2.30. The molecule has 1 aromatic heterocycles. The summed E-state index contributed by atoms with van der Waals surface area (Å²) < 4.78 is 13.6. The van der Waals surface area contributed by atoms with Gasteiger partial charge >= 0.3 is 0 Å². The second kappa shape index (κ2) is 7.27. The Kier molecular flexibility index (Phi) is 4.90. The second-order valence-corrected chi connectivity index (χ2v) is 5.67. The fourth-order valence-electron chi connectivity index (χ4n) is 2.13. The summed E-state index contributed by atoms with van der Waals surface area (Å²) in [7, 11) is 0. The van der Waals surface area contributed by atoms with Crippen LogP contribution in [0.2, 0.25) is 5.02 Å². The number of hydrogen-bond donors (Lipinski definition) is 2. The van der Waals surface area contributed by atoms with Crippen molar-refractivity contribution in [1.29, 1.82) is 0 Å². The van der Waals surface area contributed by atoms with Gasteiger partial charge < -0.3 is 10.6 Å². The van der Waals surface area contributed by atoms with Gasteiger partial charge in [-0.3, -0.25) is 4.79 Å². The Bertz CT molecular complexity index is 915. The van der Waals surface area contributed by atoms with Gasteiger partial charge in [-0.1, -0.05) is 29.8 Å². The monoisotopic (exact) mass is 356 g/mol. The SMILES string of the molecule is Cc1c(Cl)cccc1Nc1ncc(C(=O)Nc2ccccc2F)cn1. The van der Waals surface area contributed by atoms with Crippen molar-refractivity contribution in [2.45, 2.75) is 6.92 Å². The summed E-state index contributed by atoms with van der Waals surface area (Å²) in [5.74, 6) is -0.671. The van der Waals surface area contributed by atoms with Crippen molar-refractivity contribution in [2.75, 3.05) is 10.6 Å². The molecule has 0 fully saturated rings. The molecule has 0 bridgehead atoms. The molecule has 3 aromatic rings. The van der Waals surface area contributed by atoms with Gasteiger partial charge in [0, 0.05) is 23.1 Å². The van der Waals surface area contributed by atoms with Crippen LogP contribution in [0.15, 0.2) is 54.9 Å². The first-order valence-corrected chi connectivity index (χ1v) is 7.82. The number of nitrogens with one attached hydrogen (secondary N) is 2. The van der Waals surface area contributed by atoms with Crippen LogP contribution >= 0.6 is 11.6 Å². The number of rotatable bonds is 4.